The molecule has 2 N–H and O–H groups in total. The van der Waals surface area contributed by atoms with E-state index in [0.29, 0.717) is 6.04 Å². The number of nitro groups is 1. The van der Waals surface area contributed by atoms with Crippen LogP contribution in [0.4, 0.5) is 17.1 Å². The van der Waals surface area contributed by atoms with Gasteiger partial charge in [0.05, 0.1) is 4.92 Å². The molecule has 1 saturated heterocycles. The number of hydrogen-bond donors (Lipinski definition) is 1. The third-order valence-electron chi connectivity index (χ3n) is 3.93. The van der Waals surface area contributed by atoms with E-state index in [9.17, 15) is 10.1 Å². The summed E-state index contributed by atoms with van der Waals surface area (Å²) in [4.78, 5) is 17.2. The van der Waals surface area contributed by atoms with Gasteiger partial charge in [-0.15, -0.1) is 0 Å². The molecule has 7 heteroatoms. The van der Waals surface area contributed by atoms with Crippen LogP contribution in [0.3, 0.4) is 0 Å². The highest BCUT2D eigenvalue weighted by atomic mass is 16.6. The maximum atomic E-state index is 10.8. The van der Waals surface area contributed by atoms with E-state index in [1.54, 1.807) is 12.1 Å². The number of hydrogen-bond acceptors (Lipinski definition) is 6. The third-order valence-corrected chi connectivity index (χ3v) is 3.93. The highest BCUT2D eigenvalue weighted by molar-refractivity contribution is 5.66. The number of nitrogen functional groups attached to an aromatic ring is 1. The van der Waals surface area contributed by atoms with Crippen molar-refractivity contribution >= 4 is 17.1 Å². The zero-order valence-corrected chi connectivity index (χ0v) is 12.8. The van der Waals surface area contributed by atoms with Crippen molar-refractivity contribution in [2.75, 3.05) is 58.0 Å². The summed E-state index contributed by atoms with van der Waals surface area (Å²) in [5.41, 5.74) is 6.93. The highest BCUT2D eigenvalue weighted by Gasteiger charge is 2.25. The van der Waals surface area contributed by atoms with Gasteiger partial charge in [0, 0.05) is 44.0 Å². The topological polar surface area (TPSA) is 78.9 Å². The third kappa shape index (κ3) is 3.62. The molecule has 0 amide bonds. The number of piperazine rings is 1. The van der Waals surface area contributed by atoms with Gasteiger partial charge >= 0.3 is 0 Å². The summed E-state index contributed by atoms with van der Waals surface area (Å²) in [5.74, 6) is 0. The number of rotatable bonds is 4. The summed E-state index contributed by atoms with van der Waals surface area (Å²) in [6, 6.07) is 5.41. The summed E-state index contributed by atoms with van der Waals surface area (Å²) in [5, 5.41) is 10.8. The van der Waals surface area contributed by atoms with Crippen LogP contribution in [0.15, 0.2) is 18.2 Å². The quantitative estimate of drug-likeness (QED) is 0.504. The molecule has 21 heavy (non-hydrogen) atoms. The molecule has 0 bridgehead atoms. The smallest absolute Gasteiger partial charge is 0.292 e. The van der Waals surface area contributed by atoms with Crippen LogP contribution in [-0.2, 0) is 0 Å². The number of likely N-dealkylation sites (N-methyl/N-ethyl adjacent to an activating group) is 2. The molecule has 0 aliphatic carbocycles. The Bertz CT molecular complexity index is 520. The lowest BCUT2D eigenvalue weighted by Crippen LogP contribution is -2.55. The van der Waals surface area contributed by atoms with Crippen molar-refractivity contribution < 1.29 is 4.92 Å². The first-order valence-electron chi connectivity index (χ1n) is 7.02. The van der Waals surface area contributed by atoms with Crippen molar-refractivity contribution in [2.24, 2.45) is 0 Å². The fourth-order valence-corrected chi connectivity index (χ4v) is 2.70. The molecule has 1 aliphatic rings. The number of nitrogens with two attached hydrogens (primary N) is 1. The lowest BCUT2D eigenvalue weighted by molar-refractivity contribution is -0.383. The summed E-state index contributed by atoms with van der Waals surface area (Å²) in [6.07, 6.45) is 0. The van der Waals surface area contributed by atoms with Crippen LogP contribution in [-0.4, -0.2) is 68.1 Å². The number of nitro benzene ring substituents is 1. The van der Waals surface area contributed by atoms with Crippen molar-refractivity contribution in [3.8, 4) is 0 Å². The van der Waals surface area contributed by atoms with Gasteiger partial charge in [-0.25, -0.2) is 0 Å². The van der Waals surface area contributed by atoms with Gasteiger partial charge in [0.1, 0.15) is 5.69 Å². The highest BCUT2D eigenvalue weighted by Crippen LogP contribution is 2.28. The van der Waals surface area contributed by atoms with Crippen LogP contribution >= 0.6 is 0 Å². The molecule has 1 aromatic carbocycles. The van der Waals surface area contributed by atoms with Crippen LogP contribution in [0.5, 0.6) is 0 Å². The molecule has 2 rings (SSSR count). The predicted octanol–water partition coefficient (Wildman–Crippen LogP) is 0.859. The molecule has 0 aromatic heterocycles. The minimum Gasteiger partial charge on any atom is -0.393 e. The van der Waals surface area contributed by atoms with Gasteiger partial charge < -0.3 is 15.5 Å². The molecule has 1 fully saturated rings. The Hall–Kier alpha value is -1.86. The Kier molecular flexibility index (Phi) is 4.64. The van der Waals surface area contributed by atoms with Gasteiger partial charge in [-0.3, -0.25) is 15.0 Å². The average Bonchev–Trinajstić information content (AvgIpc) is 2.40. The second-order valence-electron chi connectivity index (χ2n) is 5.84. The maximum Gasteiger partial charge on any atom is 0.292 e. The molecule has 1 atom stereocenters. The molecular formula is C14H23N5O2. The molecule has 0 radical (unpaired) electrons. The van der Waals surface area contributed by atoms with Crippen molar-refractivity contribution in [3.63, 3.8) is 0 Å². The molecule has 1 aliphatic heterocycles. The van der Waals surface area contributed by atoms with Crippen molar-refractivity contribution in [1.82, 2.24) is 9.80 Å². The zero-order chi connectivity index (χ0) is 15.6. The van der Waals surface area contributed by atoms with E-state index in [1.807, 2.05) is 0 Å². The second kappa shape index (κ2) is 6.28. The molecule has 0 saturated carbocycles. The Morgan fingerprint density at radius 3 is 2.71 bits per heavy atom. The average molecular weight is 293 g/mol. The van der Waals surface area contributed by atoms with Gasteiger partial charge in [0.25, 0.3) is 5.69 Å². The van der Waals surface area contributed by atoms with E-state index in [4.69, 9.17) is 5.73 Å². The van der Waals surface area contributed by atoms with E-state index in [0.717, 1.165) is 31.9 Å². The first-order chi connectivity index (χ1) is 9.88. The molecule has 116 valence electrons. The Balaban J connectivity index is 2.14. The van der Waals surface area contributed by atoms with E-state index >= 15 is 0 Å². The Morgan fingerprint density at radius 2 is 2.14 bits per heavy atom. The minimum absolute atomic E-state index is 0.0299. The molecular weight excluding hydrogens is 270 g/mol. The molecule has 1 aromatic rings. The van der Waals surface area contributed by atoms with Gasteiger partial charge in [-0.05, 0) is 33.3 Å². The van der Waals surface area contributed by atoms with Crippen LogP contribution < -0.4 is 10.6 Å². The standard InChI is InChI=1S/C14H23N5O2/c1-16(2)9-12-10-18(7-6-17(12)3)11-4-5-14(19(20)21)13(15)8-11/h4-5,8,12H,6-7,9-10,15H2,1-3H3. The van der Waals surface area contributed by atoms with Gasteiger partial charge in [0.2, 0.25) is 0 Å². The summed E-state index contributed by atoms with van der Waals surface area (Å²) >= 11 is 0. The van der Waals surface area contributed by atoms with E-state index in [-0.39, 0.29) is 11.4 Å². The molecule has 0 spiro atoms. The monoisotopic (exact) mass is 293 g/mol. The number of benzene rings is 1. The first kappa shape index (κ1) is 15.5. The summed E-state index contributed by atoms with van der Waals surface area (Å²) in [7, 11) is 6.27. The van der Waals surface area contributed by atoms with Gasteiger partial charge in [-0.1, -0.05) is 0 Å². The maximum absolute atomic E-state index is 10.8. The van der Waals surface area contributed by atoms with E-state index < -0.39 is 4.92 Å². The van der Waals surface area contributed by atoms with Gasteiger partial charge in [-0.2, -0.15) is 0 Å². The number of nitrogens with zero attached hydrogens (tertiary/aromatic N) is 4. The molecule has 1 unspecified atom stereocenters. The summed E-state index contributed by atoms with van der Waals surface area (Å²) < 4.78 is 0. The summed E-state index contributed by atoms with van der Waals surface area (Å²) in [6.45, 7) is 3.74. The van der Waals surface area contributed by atoms with Gasteiger partial charge in [0.15, 0.2) is 0 Å². The first-order valence-corrected chi connectivity index (χ1v) is 7.02. The minimum atomic E-state index is -0.446. The predicted molar refractivity (Wildman–Crippen MR) is 84.7 cm³/mol. The van der Waals surface area contributed by atoms with E-state index in [1.165, 1.54) is 6.07 Å². The van der Waals surface area contributed by atoms with Crippen LogP contribution in [0.2, 0.25) is 0 Å². The number of anilines is 2. The fourth-order valence-electron chi connectivity index (χ4n) is 2.70. The van der Waals surface area contributed by atoms with Crippen molar-refractivity contribution in [2.45, 2.75) is 6.04 Å². The fraction of sp³-hybridized carbons (Fsp3) is 0.571. The van der Waals surface area contributed by atoms with Crippen LogP contribution in [0, 0.1) is 10.1 Å². The van der Waals surface area contributed by atoms with Crippen molar-refractivity contribution in [1.29, 1.82) is 0 Å². The normalized spacial score (nSPS) is 20.0. The lowest BCUT2D eigenvalue weighted by atomic mass is 10.1. The van der Waals surface area contributed by atoms with Crippen LogP contribution in [0.25, 0.3) is 0 Å². The van der Waals surface area contributed by atoms with E-state index in [2.05, 4.69) is 35.8 Å². The Labute approximate surface area is 125 Å². The molecule has 7 nitrogen and oxygen atoms in total. The Morgan fingerprint density at radius 1 is 1.43 bits per heavy atom. The van der Waals surface area contributed by atoms with Crippen molar-refractivity contribution in [3.05, 3.63) is 28.3 Å². The largest absolute Gasteiger partial charge is 0.393 e. The van der Waals surface area contributed by atoms with Crippen LogP contribution in [0.1, 0.15) is 0 Å². The SMILES string of the molecule is CN(C)CC1CN(c2ccc([N+](=O)[O-])c(N)c2)CCN1C. The molecule has 1 heterocycles. The lowest BCUT2D eigenvalue weighted by Gasteiger charge is -2.41. The second-order valence-corrected chi connectivity index (χ2v) is 5.84. The zero-order valence-electron chi connectivity index (χ0n) is 12.8.